The molecule has 1 atom stereocenters. The first kappa shape index (κ1) is 16.3. The van der Waals surface area contributed by atoms with Gasteiger partial charge < -0.3 is 19.5 Å². The molecule has 4 nitrogen and oxygen atoms in total. The van der Waals surface area contributed by atoms with Crippen molar-refractivity contribution in [2.75, 3.05) is 26.9 Å². The van der Waals surface area contributed by atoms with Crippen LogP contribution in [0.5, 0.6) is 5.75 Å². The summed E-state index contributed by atoms with van der Waals surface area (Å²) in [5.74, 6) is 0.940. The van der Waals surface area contributed by atoms with E-state index in [0.29, 0.717) is 13.2 Å². The number of para-hydroxylation sites is 1. The van der Waals surface area contributed by atoms with Crippen LogP contribution >= 0.6 is 0 Å². The molecule has 0 amide bonds. The van der Waals surface area contributed by atoms with Gasteiger partial charge in [0.05, 0.1) is 18.3 Å². The molecule has 1 fully saturated rings. The maximum absolute atomic E-state index is 5.98. The zero-order chi connectivity index (χ0) is 15.1. The maximum atomic E-state index is 5.98. The van der Waals surface area contributed by atoms with Crippen LogP contribution in [0.2, 0.25) is 0 Å². The molecule has 1 heterocycles. The average molecular weight is 293 g/mol. The van der Waals surface area contributed by atoms with Crippen molar-refractivity contribution in [1.29, 1.82) is 0 Å². The van der Waals surface area contributed by atoms with Gasteiger partial charge >= 0.3 is 0 Å². The highest BCUT2D eigenvalue weighted by molar-refractivity contribution is 5.33. The van der Waals surface area contributed by atoms with Crippen molar-refractivity contribution in [3.05, 3.63) is 29.8 Å². The molecule has 1 N–H and O–H groups in total. The summed E-state index contributed by atoms with van der Waals surface area (Å²) in [6, 6.07) is 8.16. The van der Waals surface area contributed by atoms with Gasteiger partial charge in [0, 0.05) is 25.8 Å². The van der Waals surface area contributed by atoms with Gasteiger partial charge in [-0.15, -0.1) is 0 Å². The SMILES string of the molecule is COCCNCc1ccccc1OCC1CCC(C)(C)O1. The Hall–Kier alpha value is -1.10. The van der Waals surface area contributed by atoms with Crippen molar-refractivity contribution in [2.24, 2.45) is 0 Å². The molecule has 0 spiro atoms. The summed E-state index contributed by atoms with van der Waals surface area (Å²) >= 11 is 0. The molecule has 1 aliphatic heterocycles. The van der Waals surface area contributed by atoms with Gasteiger partial charge in [-0.2, -0.15) is 0 Å². The van der Waals surface area contributed by atoms with Crippen LogP contribution < -0.4 is 10.1 Å². The highest BCUT2D eigenvalue weighted by atomic mass is 16.6. The summed E-state index contributed by atoms with van der Waals surface area (Å²) in [6.45, 7) is 7.25. The van der Waals surface area contributed by atoms with Crippen LogP contribution in [0, 0.1) is 0 Å². The number of nitrogens with one attached hydrogen (secondary N) is 1. The molecule has 1 aliphatic rings. The number of hydrogen-bond donors (Lipinski definition) is 1. The second-order valence-electron chi connectivity index (χ2n) is 6.13. The molecule has 1 saturated heterocycles. The zero-order valence-electron chi connectivity index (χ0n) is 13.4. The van der Waals surface area contributed by atoms with E-state index in [-0.39, 0.29) is 11.7 Å². The number of rotatable bonds is 8. The fourth-order valence-corrected chi connectivity index (χ4v) is 2.57. The zero-order valence-corrected chi connectivity index (χ0v) is 13.4. The first-order valence-corrected chi connectivity index (χ1v) is 7.69. The van der Waals surface area contributed by atoms with E-state index < -0.39 is 0 Å². The Morgan fingerprint density at radius 1 is 1.33 bits per heavy atom. The third kappa shape index (κ3) is 5.30. The van der Waals surface area contributed by atoms with Gasteiger partial charge in [-0.3, -0.25) is 0 Å². The van der Waals surface area contributed by atoms with Crippen LogP contribution in [0.25, 0.3) is 0 Å². The van der Waals surface area contributed by atoms with Crippen LogP contribution in [0.15, 0.2) is 24.3 Å². The van der Waals surface area contributed by atoms with Crippen molar-refractivity contribution >= 4 is 0 Å². The molecule has 0 bridgehead atoms. The van der Waals surface area contributed by atoms with Crippen LogP contribution in [0.4, 0.5) is 0 Å². The lowest BCUT2D eigenvalue weighted by atomic mass is 10.1. The van der Waals surface area contributed by atoms with Gasteiger partial charge in [-0.05, 0) is 32.8 Å². The van der Waals surface area contributed by atoms with E-state index in [4.69, 9.17) is 14.2 Å². The highest BCUT2D eigenvalue weighted by Gasteiger charge is 2.31. The van der Waals surface area contributed by atoms with E-state index in [0.717, 1.165) is 31.7 Å². The lowest BCUT2D eigenvalue weighted by Crippen LogP contribution is -2.24. The normalized spacial score (nSPS) is 20.6. The maximum Gasteiger partial charge on any atom is 0.123 e. The molecule has 4 heteroatoms. The van der Waals surface area contributed by atoms with E-state index in [1.54, 1.807) is 7.11 Å². The van der Waals surface area contributed by atoms with Gasteiger partial charge in [0.2, 0.25) is 0 Å². The predicted molar refractivity (Wildman–Crippen MR) is 83.7 cm³/mol. The number of ether oxygens (including phenoxy) is 3. The van der Waals surface area contributed by atoms with Gasteiger partial charge in [0.1, 0.15) is 12.4 Å². The van der Waals surface area contributed by atoms with Crippen molar-refractivity contribution in [1.82, 2.24) is 5.32 Å². The Labute approximate surface area is 127 Å². The first-order valence-electron chi connectivity index (χ1n) is 7.69. The van der Waals surface area contributed by atoms with Crippen LogP contribution in [0.1, 0.15) is 32.3 Å². The molecule has 1 aromatic rings. The average Bonchev–Trinajstić information content (AvgIpc) is 2.82. The fraction of sp³-hybridized carbons (Fsp3) is 0.647. The fourth-order valence-electron chi connectivity index (χ4n) is 2.57. The Bertz CT molecular complexity index is 434. The largest absolute Gasteiger partial charge is 0.491 e. The molecule has 21 heavy (non-hydrogen) atoms. The Morgan fingerprint density at radius 2 is 2.14 bits per heavy atom. The molecule has 0 saturated carbocycles. The van der Waals surface area contributed by atoms with Crippen molar-refractivity contribution in [3.63, 3.8) is 0 Å². The summed E-state index contributed by atoms with van der Waals surface area (Å²) in [5.41, 5.74) is 1.17. The van der Waals surface area contributed by atoms with Crippen LogP contribution in [-0.2, 0) is 16.0 Å². The van der Waals surface area contributed by atoms with E-state index in [2.05, 4.69) is 25.2 Å². The van der Waals surface area contributed by atoms with Gasteiger partial charge in [0.15, 0.2) is 0 Å². The topological polar surface area (TPSA) is 39.7 Å². The van der Waals surface area contributed by atoms with E-state index in [1.165, 1.54) is 5.56 Å². The summed E-state index contributed by atoms with van der Waals surface area (Å²) in [6.07, 6.45) is 2.37. The molecular formula is C17H27NO3. The standard InChI is InChI=1S/C17H27NO3/c1-17(2)9-8-15(21-17)13-20-16-7-5-4-6-14(16)12-18-10-11-19-3/h4-7,15,18H,8-13H2,1-3H3. The Balaban J connectivity index is 1.82. The van der Waals surface area contributed by atoms with Crippen LogP contribution in [0.3, 0.4) is 0 Å². The van der Waals surface area contributed by atoms with Gasteiger partial charge in [0.25, 0.3) is 0 Å². The minimum atomic E-state index is -0.00471. The second-order valence-corrected chi connectivity index (χ2v) is 6.13. The van der Waals surface area contributed by atoms with Crippen molar-refractivity contribution in [2.45, 2.75) is 44.9 Å². The molecule has 0 radical (unpaired) electrons. The van der Waals surface area contributed by atoms with E-state index in [9.17, 15) is 0 Å². The molecular weight excluding hydrogens is 266 g/mol. The third-order valence-corrected chi connectivity index (χ3v) is 3.75. The second kappa shape index (κ2) is 7.78. The molecule has 1 aromatic carbocycles. The third-order valence-electron chi connectivity index (χ3n) is 3.75. The number of methoxy groups -OCH3 is 1. The lowest BCUT2D eigenvalue weighted by Gasteiger charge is -2.20. The monoisotopic (exact) mass is 293 g/mol. The minimum Gasteiger partial charge on any atom is -0.491 e. The van der Waals surface area contributed by atoms with E-state index in [1.807, 2.05) is 18.2 Å². The van der Waals surface area contributed by atoms with Gasteiger partial charge in [-0.1, -0.05) is 18.2 Å². The first-order chi connectivity index (χ1) is 10.1. The van der Waals surface area contributed by atoms with Crippen molar-refractivity contribution < 1.29 is 14.2 Å². The summed E-state index contributed by atoms with van der Waals surface area (Å²) in [5, 5.41) is 3.35. The quantitative estimate of drug-likeness (QED) is 0.748. The van der Waals surface area contributed by atoms with E-state index >= 15 is 0 Å². The highest BCUT2D eigenvalue weighted by Crippen LogP contribution is 2.30. The molecule has 1 unspecified atom stereocenters. The van der Waals surface area contributed by atoms with Crippen LogP contribution in [-0.4, -0.2) is 38.6 Å². The number of benzene rings is 1. The summed E-state index contributed by atoms with van der Waals surface area (Å²) in [7, 11) is 1.71. The predicted octanol–water partition coefficient (Wildman–Crippen LogP) is 2.76. The molecule has 0 aliphatic carbocycles. The number of hydrogen-bond acceptors (Lipinski definition) is 4. The summed E-state index contributed by atoms with van der Waals surface area (Å²) < 4.78 is 17.0. The summed E-state index contributed by atoms with van der Waals surface area (Å²) in [4.78, 5) is 0. The van der Waals surface area contributed by atoms with Gasteiger partial charge in [-0.25, -0.2) is 0 Å². The minimum absolute atomic E-state index is 0.00471. The Morgan fingerprint density at radius 3 is 2.86 bits per heavy atom. The van der Waals surface area contributed by atoms with Crippen molar-refractivity contribution in [3.8, 4) is 5.75 Å². The molecule has 2 rings (SSSR count). The smallest absolute Gasteiger partial charge is 0.123 e. The molecule has 118 valence electrons. The Kier molecular flexibility index (Phi) is 6.03. The lowest BCUT2D eigenvalue weighted by molar-refractivity contribution is -0.0327. The molecule has 0 aromatic heterocycles.